The number of aliphatic hydroxyl groups is 1. The molecule has 0 amide bonds. The topological polar surface area (TPSA) is 99.7 Å². The second-order valence-corrected chi connectivity index (χ2v) is 11.3. The summed E-state index contributed by atoms with van der Waals surface area (Å²) >= 11 is 1.11. The zero-order valence-corrected chi connectivity index (χ0v) is 19.9. The van der Waals surface area contributed by atoms with Gasteiger partial charge in [0, 0.05) is 24.3 Å². The highest BCUT2D eigenvalue weighted by Gasteiger charge is 2.51. The zero-order chi connectivity index (χ0) is 24.3. The summed E-state index contributed by atoms with van der Waals surface area (Å²) in [4.78, 5) is 0. The minimum absolute atomic E-state index is 0.0351. The van der Waals surface area contributed by atoms with E-state index in [-0.39, 0.29) is 34.4 Å². The molecule has 0 aliphatic carbocycles. The first-order valence-corrected chi connectivity index (χ1v) is 12.8. The van der Waals surface area contributed by atoms with Crippen LogP contribution in [0.1, 0.15) is 25.8 Å². The molecule has 1 aromatic carbocycles. The van der Waals surface area contributed by atoms with Crippen molar-refractivity contribution >= 4 is 27.0 Å². The van der Waals surface area contributed by atoms with Crippen molar-refractivity contribution in [3.05, 3.63) is 47.3 Å². The van der Waals surface area contributed by atoms with Gasteiger partial charge in [-0.1, -0.05) is 18.2 Å². The smallest absolute Gasteiger partial charge is 0.381 e. The summed E-state index contributed by atoms with van der Waals surface area (Å²) in [5.74, 6) is 0. The fourth-order valence-electron chi connectivity index (χ4n) is 3.41. The standard InChI is InChI=1S/C21H28F3N3O4S2/c1-14(26-18-12-31-13-18)10-17(11-25-33(29,30)19-4-3-9-32-19)27-16-7-5-15(6-8-16)20(2,28)21(22,23)24/h3-9,14,17-18,25-28H,10-13H2,1-2H3/t14?,17-,20+/m0/s1. The van der Waals surface area contributed by atoms with Crippen LogP contribution in [0.15, 0.2) is 46.0 Å². The Hall–Kier alpha value is -1.70. The number of alkyl halides is 3. The van der Waals surface area contributed by atoms with Crippen LogP contribution in [0.25, 0.3) is 0 Å². The molecule has 1 fully saturated rings. The van der Waals surface area contributed by atoms with E-state index in [0.29, 0.717) is 32.2 Å². The highest BCUT2D eigenvalue weighted by Crippen LogP contribution is 2.38. The molecule has 0 saturated carbocycles. The third-order valence-corrected chi connectivity index (χ3v) is 8.27. The van der Waals surface area contributed by atoms with E-state index in [1.807, 2.05) is 6.92 Å². The number of anilines is 1. The quantitative estimate of drug-likeness (QED) is 0.373. The number of halogens is 3. The molecule has 184 valence electrons. The van der Waals surface area contributed by atoms with Crippen LogP contribution in [-0.2, 0) is 20.4 Å². The van der Waals surface area contributed by atoms with Crippen LogP contribution in [0.2, 0.25) is 0 Å². The van der Waals surface area contributed by atoms with Crippen LogP contribution >= 0.6 is 11.3 Å². The highest BCUT2D eigenvalue weighted by atomic mass is 32.2. The van der Waals surface area contributed by atoms with Gasteiger partial charge in [-0.2, -0.15) is 13.2 Å². The molecule has 1 aromatic heterocycles. The molecule has 1 saturated heterocycles. The molecule has 12 heteroatoms. The minimum atomic E-state index is -4.81. The van der Waals surface area contributed by atoms with E-state index in [1.54, 1.807) is 11.4 Å². The number of nitrogens with one attached hydrogen (secondary N) is 3. The third kappa shape index (κ3) is 6.67. The van der Waals surface area contributed by atoms with Crippen molar-refractivity contribution in [2.24, 2.45) is 0 Å². The average molecular weight is 508 g/mol. The Balaban J connectivity index is 1.70. The van der Waals surface area contributed by atoms with Gasteiger partial charge in [-0.25, -0.2) is 13.1 Å². The van der Waals surface area contributed by atoms with Crippen LogP contribution in [0.4, 0.5) is 18.9 Å². The van der Waals surface area contributed by atoms with Gasteiger partial charge in [-0.3, -0.25) is 0 Å². The predicted octanol–water partition coefficient (Wildman–Crippen LogP) is 3.04. The Morgan fingerprint density at radius 2 is 1.88 bits per heavy atom. The maximum atomic E-state index is 13.1. The largest absolute Gasteiger partial charge is 0.421 e. The SMILES string of the molecule is CC(C[C@@H](CNS(=O)(=O)c1cccs1)Nc1ccc([C@@](C)(O)C(F)(F)F)cc1)NC1COC1. The van der Waals surface area contributed by atoms with Crippen LogP contribution < -0.4 is 15.4 Å². The van der Waals surface area contributed by atoms with Crippen molar-refractivity contribution in [1.29, 1.82) is 0 Å². The van der Waals surface area contributed by atoms with Crippen molar-refractivity contribution in [2.75, 3.05) is 25.1 Å². The summed E-state index contributed by atoms with van der Waals surface area (Å²) in [6.07, 6.45) is -4.26. The molecule has 2 heterocycles. The average Bonchev–Trinajstić information content (AvgIpc) is 3.24. The summed E-state index contributed by atoms with van der Waals surface area (Å²) in [7, 11) is -3.67. The predicted molar refractivity (Wildman–Crippen MR) is 121 cm³/mol. The number of thiophene rings is 1. The van der Waals surface area contributed by atoms with E-state index in [0.717, 1.165) is 11.3 Å². The lowest BCUT2D eigenvalue weighted by Gasteiger charge is -2.32. The molecule has 7 nitrogen and oxygen atoms in total. The first-order valence-electron chi connectivity index (χ1n) is 10.4. The van der Waals surface area contributed by atoms with Gasteiger partial charge in [0.1, 0.15) is 4.21 Å². The second-order valence-electron chi connectivity index (χ2n) is 8.31. The van der Waals surface area contributed by atoms with E-state index < -0.39 is 21.8 Å². The van der Waals surface area contributed by atoms with Gasteiger partial charge in [0.15, 0.2) is 5.60 Å². The molecular weight excluding hydrogens is 479 g/mol. The normalized spacial score (nSPS) is 18.8. The fourth-order valence-corrected chi connectivity index (χ4v) is 5.53. The molecule has 0 bridgehead atoms. The number of hydrogen-bond donors (Lipinski definition) is 4. The lowest BCUT2D eigenvalue weighted by molar-refractivity contribution is -0.258. The molecular formula is C21H28F3N3O4S2. The summed E-state index contributed by atoms with van der Waals surface area (Å²) in [5.41, 5.74) is -2.74. The van der Waals surface area contributed by atoms with Gasteiger partial charge in [-0.15, -0.1) is 11.3 Å². The molecule has 2 aromatic rings. The molecule has 1 unspecified atom stereocenters. The number of hydrogen-bond acceptors (Lipinski definition) is 7. The van der Waals surface area contributed by atoms with E-state index in [2.05, 4.69) is 15.4 Å². The van der Waals surface area contributed by atoms with Crippen LogP contribution in [-0.4, -0.2) is 57.6 Å². The Kier molecular flexibility index (Phi) is 8.07. The molecule has 1 aliphatic rings. The van der Waals surface area contributed by atoms with Crippen molar-refractivity contribution in [1.82, 2.24) is 10.0 Å². The number of benzene rings is 1. The highest BCUT2D eigenvalue weighted by molar-refractivity contribution is 7.91. The Morgan fingerprint density at radius 3 is 2.39 bits per heavy atom. The molecule has 1 aliphatic heterocycles. The molecule has 3 rings (SSSR count). The second kappa shape index (κ2) is 10.3. The van der Waals surface area contributed by atoms with Crippen molar-refractivity contribution in [2.45, 2.75) is 54.4 Å². The van der Waals surface area contributed by atoms with Gasteiger partial charge < -0.3 is 20.5 Å². The van der Waals surface area contributed by atoms with Crippen LogP contribution in [0, 0.1) is 0 Å². The van der Waals surface area contributed by atoms with Crippen molar-refractivity contribution in [3.8, 4) is 0 Å². The first kappa shape index (κ1) is 25.9. The van der Waals surface area contributed by atoms with E-state index in [1.165, 1.54) is 30.3 Å². The van der Waals surface area contributed by atoms with Gasteiger partial charge in [0.2, 0.25) is 10.0 Å². The lowest BCUT2D eigenvalue weighted by Crippen LogP contribution is -2.51. The van der Waals surface area contributed by atoms with Gasteiger partial charge in [-0.05, 0) is 49.4 Å². The van der Waals surface area contributed by atoms with Crippen LogP contribution in [0.5, 0.6) is 0 Å². The molecule has 33 heavy (non-hydrogen) atoms. The van der Waals surface area contributed by atoms with E-state index in [9.17, 15) is 26.7 Å². The van der Waals surface area contributed by atoms with Gasteiger partial charge >= 0.3 is 6.18 Å². The minimum Gasteiger partial charge on any atom is -0.381 e. The Bertz CT molecular complexity index is 993. The maximum Gasteiger partial charge on any atom is 0.421 e. The number of ether oxygens (including phenoxy) is 1. The van der Waals surface area contributed by atoms with Crippen LogP contribution in [0.3, 0.4) is 0 Å². The van der Waals surface area contributed by atoms with Crippen molar-refractivity contribution in [3.63, 3.8) is 0 Å². The monoisotopic (exact) mass is 507 g/mol. The Morgan fingerprint density at radius 1 is 1.21 bits per heavy atom. The number of rotatable bonds is 11. The summed E-state index contributed by atoms with van der Waals surface area (Å²) in [5, 5.41) is 18.1. The maximum absolute atomic E-state index is 13.1. The lowest BCUT2D eigenvalue weighted by atomic mass is 9.95. The van der Waals surface area contributed by atoms with Crippen molar-refractivity contribution < 1.29 is 31.4 Å². The molecule has 0 spiro atoms. The number of sulfonamides is 1. The summed E-state index contributed by atoms with van der Waals surface area (Å²) < 4.78 is 72.3. The summed E-state index contributed by atoms with van der Waals surface area (Å²) in [6.45, 7) is 4.00. The zero-order valence-electron chi connectivity index (χ0n) is 18.2. The molecule has 4 N–H and O–H groups in total. The van der Waals surface area contributed by atoms with E-state index in [4.69, 9.17) is 4.74 Å². The first-order chi connectivity index (χ1) is 15.4. The van der Waals surface area contributed by atoms with E-state index >= 15 is 0 Å². The van der Waals surface area contributed by atoms with Gasteiger partial charge in [0.25, 0.3) is 0 Å². The Labute approximate surface area is 195 Å². The molecule has 3 atom stereocenters. The third-order valence-electron chi connectivity index (χ3n) is 5.45. The van der Waals surface area contributed by atoms with Gasteiger partial charge in [0.05, 0.1) is 19.3 Å². The molecule has 0 radical (unpaired) electrons. The fraction of sp³-hybridized carbons (Fsp3) is 0.524. The summed E-state index contributed by atoms with van der Waals surface area (Å²) in [6, 6.07) is 8.38.